The minimum Gasteiger partial charge on any atom is -0.373 e. The molecule has 2 aliphatic heterocycles. The fourth-order valence-electron chi connectivity index (χ4n) is 4.44. The van der Waals surface area contributed by atoms with Gasteiger partial charge in [0.15, 0.2) is 0 Å². The van der Waals surface area contributed by atoms with Crippen LogP contribution in [0, 0.1) is 10.1 Å². The second-order valence-electron chi connectivity index (χ2n) is 8.47. The number of piperidine rings is 1. The summed E-state index contributed by atoms with van der Waals surface area (Å²) in [5.41, 5.74) is 1.03. The zero-order chi connectivity index (χ0) is 29.3. The Morgan fingerprint density at radius 3 is 2.26 bits per heavy atom. The molecule has 1 atom stereocenters. The normalized spacial score (nSPS) is 18.4. The maximum atomic E-state index is 12.5. The van der Waals surface area contributed by atoms with Crippen molar-refractivity contribution in [3.8, 4) is 0 Å². The van der Waals surface area contributed by atoms with E-state index in [0.717, 1.165) is 45.1 Å². The molecule has 0 amide bonds. The highest BCUT2D eigenvalue weighted by atomic mass is 128. The predicted molar refractivity (Wildman–Crippen MR) is 173 cm³/mol. The summed E-state index contributed by atoms with van der Waals surface area (Å²) in [7, 11) is -4.10. The topological polar surface area (TPSA) is 102 Å². The zero-order valence-corrected chi connectivity index (χ0v) is 28.3. The first-order chi connectivity index (χ1) is 18.9. The Balaban J connectivity index is 0.00000119. The number of rotatable bonds is 8. The Kier molecular flexibility index (Phi) is 18.6. The van der Waals surface area contributed by atoms with E-state index in [1.54, 1.807) is 0 Å². The van der Waals surface area contributed by atoms with Crippen molar-refractivity contribution in [1.29, 1.82) is 0 Å². The molecule has 0 saturated carbocycles. The lowest BCUT2D eigenvalue weighted by atomic mass is 10.0. The second kappa shape index (κ2) is 20.0. The van der Waals surface area contributed by atoms with Crippen molar-refractivity contribution in [2.24, 2.45) is 0 Å². The van der Waals surface area contributed by atoms with Crippen molar-refractivity contribution in [2.75, 3.05) is 39.4 Å². The van der Waals surface area contributed by atoms with Gasteiger partial charge in [-0.3, -0.25) is 24.1 Å². The molecule has 0 aliphatic carbocycles. The van der Waals surface area contributed by atoms with Gasteiger partial charge >= 0.3 is 0 Å². The Labute approximate surface area is 257 Å². The molecule has 12 heteroatoms. The average Bonchev–Trinajstić information content (AvgIpc) is 3.00. The summed E-state index contributed by atoms with van der Waals surface area (Å²) in [5, 5.41) is 10.9. The predicted octanol–water partition coefficient (Wildman–Crippen LogP) is 6.49. The minimum absolute atomic E-state index is 0.117. The zero-order valence-electron chi connectivity index (χ0n) is 23.2. The highest BCUT2D eigenvalue weighted by Crippen LogP contribution is 2.23. The number of hydrogen-bond donors (Lipinski definition) is 0. The first-order valence-electron chi connectivity index (χ1n) is 13.3. The Hall–Kier alpha value is -0.910. The summed E-state index contributed by atoms with van der Waals surface area (Å²) >= 11 is 4.24. The molecule has 0 spiro atoms. The van der Waals surface area contributed by atoms with Crippen LogP contribution in [0.15, 0.2) is 59.5 Å². The molecule has 2 aliphatic rings. The SMILES string of the molecule is CC.CC.II.O=[N+]([O-])c1cccc(S(=O)(=O)OCC2CN(C3CCN(Cc4ccccc4)CC3)CCO2)c1. The molecule has 0 radical (unpaired) electrons. The third-order valence-electron chi connectivity index (χ3n) is 6.22. The van der Waals surface area contributed by atoms with Crippen LogP contribution in [-0.4, -0.2) is 74.7 Å². The van der Waals surface area contributed by atoms with Gasteiger partial charge in [-0.1, -0.05) is 64.1 Å². The van der Waals surface area contributed by atoms with Gasteiger partial charge in [-0.15, -0.1) is 0 Å². The first-order valence-corrected chi connectivity index (χ1v) is 21.0. The molecule has 2 heterocycles. The maximum Gasteiger partial charge on any atom is 0.297 e. The van der Waals surface area contributed by atoms with Crippen molar-refractivity contribution < 1.29 is 22.3 Å². The van der Waals surface area contributed by atoms with E-state index < -0.39 is 15.0 Å². The number of non-ortho nitro benzene ring substituents is 1. The smallest absolute Gasteiger partial charge is 0.297 e. The van der Waals surface area contributed by atoms with Crippen LogP contribution >= 0.6 is 37.2 Å². The molecule has 2 aromatic rings. The van der Waals surface area contributed by atoms with E-state index >= 15 is 0 Å². The maximum absolute atomic E-state index is 12.5. The Morgan fingerprint density at radius 1 is 1.00 bits per heavy atom. The van der Waals surface area contributed by atoms with Crippen LogP contribution in [-0.2, 0) is 25.6 Å². The van der Waals surface area contributed by atoms with Gasteiger partial charge in [-0.05, 0) is 37.6 Å². The lowest BCUT2D eigenvalue weighted by Crippen LogP contribution is -2.52. The van der Waals surface area contributed by atoms with Crippen LogP contribution in [0.5, 0.6) is 0 Å². The quantitative estimate of drug-likeness (QED) is 0.130. The number of benzene rings is 2. The molecule has 2 saturated heterocycles. The number of ether oxygens (including phenoxy) is 1. The number of likely N-dealkylation sites (tertiary alicyclic amines) is 1. The molecule has 39 heavy (non-hydrogen) atoms. The van der Waals surface area contributed by atoms with Gasteiger partial charge < -0.3 is 4.74 Å². The van der Waals surface area contributed by atoms with Crippen molar-refractivity contribution in [1.82, 2.24) is 9.80 Å². The van der Waals surface area contributed by atoms with Gasteiger partial charge in [-0.25, -0.2) is 0 Å². The molecule has 1 unspecified atom stereocenters. The second-order valence-corrected chi connectivity index (χ2v) is 10.1. The van der Waals surface area contributed by atoms with E-state index in [9.17, 15) is 18.5 Å². The number of hydrogen-bond acceptors (Lipinski definition) is 8. The fourth-order valence-corrected chi connectivity index (χ4v) is 5.42. The number of morpholine rings is 1. The van der Waals surface area contributed by atoms with Crippen LogP contribution in [0.1, 0.15) is 46.1 Å². The molecule has 2 fully saturated rings. The van der Waals surface area contributed by atoms with Crippen molar-refractivity contribution in [3.05, 3.63) is 70.3 Å². The van der Waals surface area contributed by atoms with Crippen LogP contribution in [0.4, 0.5) is 5.69 Å². The standard InChI is InChI=1S/C23H29N3O6S.2C2H6.I2/c27-26(28)21-7-4-8-23(15-21)33(29,30)32-18-22-17-25(13-14-31-22)20-9-11-24(12-10-20)16-19-5-2-1-3-6-19;3*1-2/h1-8,15,20,22H,9-14,16-18H2;2*1-2H3;. The minimum atomic E-state index is -4.10. The van der Waals surface area contributed by atoms with E-state index in [-0.39, 0.29) is 23.3 Å². The van der Waals surface area contributed by atoms with E-state index in [1.165, 1.54) is 23.8 Å². The highest BCUT2D eigenvalue weighted by Gasteiger charge is 2.30. The number of halogens is 2. The average molecular weight is 790 g/mol. The lowest BCUT2D eigenvalue weighted by Gasteiger charge is -2.42. The molecule has 9 nitrogen and oxygen atoms in total. The summed E-state index contributed by atoms with van der Waals surface area (Å²) in [6, 6.07) is 15.8. The number of nitro benzene ring substituents is 1. The largest absolute Gasteiger partial charge is 0.373 e. The van der Waals surface area contributed by atoms with Crippen molar-refractivity contribution in [3.63, 3.8) is 0 Å². The van der Waals surface area contributed by atoms with Crippen LogP contribution in [0.3, 0.4) is 0 Å². The summed E-state index contributed by atoms with van der Waals surface area (Å²) in [5.74, 6) is 0. The van der Waals surface area contributed by atoms with Gasteiger partial charge in [0.1, 0.15) is 4.90 Å². The Bertz CT molecular complexity index is 1050. The molecule has 2 aromatic carbocycles. The molecule has 0 N–H and O–H groups in total. The molecular weight excluding hydrogens is 748 g/mol. The van der Waals surface area contributed by atoms with Gasteiger partial charge in [0.2, 0.25) is 0 Å². The molecule has 220 valence electrons. The van der Waals surface area contributed by atoms with E-state index in [4.69, 9.17) is 8.92 Å². The van der Waals surface area contributed by atoms with Crippen molar-refractivity contribution in [2.45, 2.75) is 64.1 Å². The van der Waals surface area contributed by atoms with Crippen molar-refractivity contribution >= 4 is 53.0 Å². The monoisotopic (exact) mass is 789 g/mol. The summed E-state index contributed by atoms with van der Waals surface area (Å²) in [6.45, 7) is 12.8. The van der Waals surface area contributed by atoms with E-state index in [2.05, 4.69) is 71.3 Å². The molecular formula is C27H41I2N3O6S. The van der Waals surface area contributed by atoms with Crippen LogP contribution in [0.25, 0.3) is 0 Å². The van der Waals surface area contributed by atoms with Crippen LogP contribution < -0.4 is 0 Å². The number of nitrogens with zero attached hydrogens (tertiary/aromatic N) is 3. The van der Waals surface area contributed by atoms with Crippen LogP contribution in [0.2, 0.25) is 0 Å². The van der Waals surface area contributed by atoms with Gasteiger partial charge in [0.25, 0.3) is 15.8 Å². The first kappa shape index (κ1) is 36.1. The lowest BCUT2D eigenvalue weighted by molar-refractivity contribution is -0.385. The third-order valence-corrected chi connectivity index (χ3v) is 7.50. The summed E-state index contributed by atoms with van der Waals surface area (Å²) in [4.78, 5) is 14.9. The van der Waals surface area contributed by atoms with E-state index in [0.29, 0.717) is 19.2 Å². The van der Waals surface area contributed by atoms with Gasteiger partial charge in [-0.2, -0.15) is 8.42 Å². The fraction of sp³-hybridized carbons (Fsp3) is 0.556. The third kappa shape index (κ3) is 12.2. The Morgan fingerprint density at radius 2 is 1.64 bits per heavy atom. The molecule has 4 rings (SSSR count). The highest BCUT2D eigenvalue weighted by molar-refractivity contribution is 15.0. The number of nitro groups is 1. The van der Waals surface area contributed by atoms with E-state index in [1.807, 2.05) is 33.8 Å². The summed E-state index contributed by atoms with van der Waals surface area (Å²) < 4.78 is 35.9. The van der Waals surface area contributed by atoms with Gasteiger partial charge in [0, 0.05) is 75.0 Å². The van der Waals surface area contributed by atoms with Gasteiger partial charge in [0.05, 0.1) is 24.2 Å². The molecule has 0 bridgehead atoms. The summed E-state index contributed by atoms with van der Waals surface area (Å²) in [6.07, 6.45) is 1.76. The molecule has 0 aromatic heterocycles.